The van der Waals surface area contributed by atoms with Crippen LogP contribution in [-0.4, -0.2) is 29.2 Å². The molecule has 3 aliphatic rings. The van der Waals surface area contributed by atoms with Crippen LogP contribution >= 0.6 is 11.3 Å². The quantitative estimate of drug-likeness (QED) is 0.155. The number of aryl methyl sites for hydroxylation is 1. The summed E-state index contributed by atoms with van der Waals surface area (Å²) in [4.78, 5) is 15.7. The van der Waals surface area contributed by atoms with Crippen LogP contribution < -0.4 is 4.90 Å². The monoisotopic (exact) mass is 744 g/mol. The van der Waals surface area contributed by atoms with Crippen molar-refractivity contribution in [1.82, 2.24) is 4.90 Å². The molecule has 2 unspecified atom stereocenters. The average molecular weight is 745 g/mol. The van der Waals surface area contributed by atoms with Gasteiger partial charge in [-0.2, -0.15) is 0 Å². The minimum absolute atomic E-state index is 0.226. The fourth-order valence-electron chi connectivity index (χ4n) is 9.02. The lowest BCUT2D eigenvalue weighted by atomic mass is 9.78. The van der Waals surface area contributed by atoms with Gasteiger partial charge in [-0.15, -0.1) is 11.3 Å². The van der Waals surface area contributed by atoms with Gasteiger partial charge < -0.3 is 9.80 Å². The fraction of sp³-hybridized carbons (Fsp3) is 0.176. The molecule has 4 nitrogen and oxygen atoms in total. The van der Waals surface area contributed by atoms with Crippen molar-refractivity contribution in [3.8, 4) is 0 Å². The summed E-state index contributed by atoms with van der Waals surface area (Å²) in [5.41, 5.74) is 12.0. The first kappa shape index (κ1) is 34.5. The van der Waals surface area contributed by atoms with Gasteiger partial charge in [0.1, 0.15) is 12.0 Å². The number of para-hydroxylation sites is 1. The summed E-state index contributed by atoms with van der Waals surface area (Å²) in [5, 5.41) is 2.59. The molecule has 0 saturated heterocycles. The summed E-state index contributed by atoms with van der Waals surface area (Å²) >= 11 is 1.84. The molecule has 0 N–H and O–H groups in total. The number of fused-ring (bicyclic) bond motifs is 6. The molecule has 2 atom stereocenters. The molecule has 0 radical (unpaired) electrons. The Hall–Kier alpha value is -6.04. The molecule has 7 aromatic rings. The van der Waals surface area contributed by atoms with Gasteiger partial charge in [-0.3, -0.25) is 0 Å². The minimum atomic E-state index is -0.271. The van der Waals surface area contributed by atoms with E-state index < -0.39 is 0 Å². The van der Waals surface area contributed by atoms with Crippen LogP contribution in [-0.2, 0) is 6.42 Å². The lowest BCUT2D eigenvalue weighted by Crippen LogP contribution is -2.41. The van der Waals surface area contributed by atoms with Gasteiger partial charge in [0, 0.05) is 61.7 Å². The third-order valence-corrected chi connectivity index (χ3v) is 13.0. The highest BCUT2D eigenvalue weighted by Gasteiger charge is 2.46. The van der Waals surface area contributed by atoms with Gasteiger partial charge >= 0.3 is 0 Å². The van der Waals surface area contributed by atoms with E-state index in [-0.39, 0.29) is 11.7 Å². The predicted molar refractivity (Wildman–Crippen MR) is 238 cm³/mol. The molecule has 1 aliphatic carbocycles. The van der Waals surface area contributed by atoms with Crippen LogP contribution in [0.25, 0.3) is 31.3 Å². The zero-order valence-electron chi connectivity index (χ0n) is 32.1. The SMILES string of the molecule is CCCCc1ccc(C2N=C(c3cccc(N4c5ccccc5C5=CC=C(c6ccccc6)CC54C)c3)N=C(c3ccc4c(c3)sc3ccccc34)N2C)cc1. The Morgan fingerprint density at radius 2 is 1.48 bits per heavy atom. The predicted octanol–water partition coefficient (Wildman–Crippen LogP) is 13.0. The lowest BCUT2D eigenvalue weighted by Gasteiger charge is -2.41. The van der Waals surface area contributed by atoms with Crippen LogP contribution in [0.5, 0.6) is 0 Å². The summed E-state index contributed by atoms with van der Waals surface area (Å²) in [6.07, 6.45) is 8.81. The Morgan fingerprint density at radius 1 is 0.714 bits per heavy atom. The third-order valence-electron chi connectivity index (χ3n) is 11.9. The highest BCUT2D eigenvalue weighted by atomic mass is 32.1. The van der Waals surface area contributed by atoms with Crippen LogP contribution in [0.3, 0.4) is 0 Å². The molecule has 5 heteroatoms. The fourth-order valence-corrected chi connectivity index (χ4v) is 10.2. The molecule has 0 fully saturated rings. The van der Waals surface area contributed by atoms with E-state index in [1.807, 2.05) is 11.3 Å². The number of aliphatic imine (C=N–C) groups is 2. The Morgan fingerprint density at radius 3 is 2.34 bits per heavy atom. The number of unbranched alkanes of at least 4 members (excludes halogenated alkanes) is 1. The first-order valence-corrected chi connectivity index (χ1v) is 20.7. The average Bonchev–Trinajstić information content (AvgIpc) is 3.75. The van der Waals surface area contributed by atoms with Gasteiger partial charge in [0.15, 0.2) is 5.84 Å². The van der Waals surface area contributed by atoms with Crippen molar-refractivity contribution in [1.29, 1.82) is 0 Å². The molecule has 6 aromatic carbocycles. The number of hydrogen-bond donors (Lipinski definition) is 0. The first-order chi connectivity index (χ1) is 27.5. The summed E-state index contributed by atoms with van der Waals surface area (Å²) < 4.78 is 2.57. The highest BCUT2D eigenvalue weighted by molar-refractivity contribution is 7.25. The Balaban J connectivity index is 1.08. The second kappa shape index (κ2) is 13.9. The van der Waals surface area contributed by atoms with E-state index in [9.17, 15) is 0 Å². The van der Waals surface area contributed by atoms with Crippen LogP contribution in [0.1, 0.15) is 72.7 Å². The topological polar surface area (TPSA) is 31.2 Å². The smallest absolute Gasteiger partial charge is 0.159 e. The van der Waals surface area contributed by atoms with Crippen LogP contribution in [0.4, 0.5) is 11.4 Å². The Bertz CT molecular complexity index is 2750. The summed E-state index contributed by atoms with van der Waals surface area (Å²) in [5.74, 6) is 1.67. The molecule has 56 heavy (non-hydrogen) atoms. The zero-order chi connectivity index (χ0) is 37.8. The molecule has 3 heterocycles. The molecule has 0 bridgehead atoms. The highest BCUT2D eigenvalue weighted by Crippen LogP contribution is 2.55. The number of benzene rings is 6. The van der Waals surface area contributed by atoms with Gasteiger partial charge in [0.25, 0.3) is 0 Å². The van der Waals surface area contributed by atoms with Crippen molar-refractivity contribution in [2.75, 3.05) is 11.9 Å². The van der Waals surface area contributed by atoms with Crippen molar-refractivity contribution < 1.29 is 0 Å². The van der Waals surface area contributed by atoms with Gasteiger partial charge in [-0.25, -0.2) is 9.98 Å². The van der Waals surface area contributed by atoms with Crippen LogP contribution in [0.2, 0.25) is 0 Å². The van der Waals surface area contributed by atoms with Gasteiger partial charge in [0.05, 0.1) is 5.54 Å². The van der Waals surface area contributed by atoms with E-state index in [1.165, 1.54) is 66.5 Å². The minimum Gasteiger partial charge on any atom is -0.333 e. The van der Waals surface area contributed by atoms with Crippen molar-refractivity contribution in [2.45, 2.75) is 51.2 Å². The van der Waals surface area contributed by atoms with E-state index in [0.717, 1.165) is 46.9 Å². The maximum atomic E-state index is 5.45. The van der Waals surface area contributed by atoms with E-state index >= 15 is 0 Å². The number of thiophene rings is 1. The Labute approximate surface area is 333 Å². The normalized spacial score (nSPS) is 19.0. The number of allylic oxidation sites excluding steroid dienone is 2. The molecule has 0 amide bonds. The summed E-state index contributed by atoms with van der Waals surface area (Å²) in [6.45, 7) is 4.65. The van der Waals surface area contributed by atoms with Gasteiger partial charge in [-0.1, -0.05) is 141 Å². The number of anilines is 2. The maximum absolute atomic E-state index is 5.45. The third kappa shape index (κ3) is 5.81. The molecular formula is C51H44N4S. The standard InChI is InChI=1S/C51H44N4S/c1-4-5-14-34-23-25-36(26-24-34)49-52-48(53-50(54(49)3)38-27-29-42-41-19-10-12-22-46(41)56-47(42)32-38)37-17-13-18-40(31-37)55-45-21-11-9-20-43(45)44-30-28-39(33-51(44,55)2)35-15-7-6-8-16-35/h6-13,15-32,49H,4-5,14,33H2,1-3H3. The molecular weight excluding hydrogens is 701 g/mol. The first-order valence-electron chi connectivity index (χ1n) is 19.9. The van der Waals surface area contributed by atoms with Gasteiger partial charge in [0.2, 0.25) is 0 Å². The van der Waals surface area contributed by atoms with Crippen LogP contribution in [0, 0.1) is 0 Å². The molecule has 0 saturated carbocycles. The van der Waals surface area contributed by atoms with Crippen molar-refractivity contribution in [2.24, 2.45) is 9.98 Å². The molecule has 10 rings (SSSR count). The molecule has 2 aliphatic heterocycles. The second-order valence-corrected chi connectivity index (χ2v) is 16.6. The number of hydrogen-bond acceptors (Lipinski definition) is 5. The summed E-state index contributed by atoms with van der Waals surface area (Å²) in [6, 6.07) is 53.1. The van der Waals surface area contributed by atoms with Crippen LogP contribution in [0.15, 0.2) is 168 Å². The second-order valence-electron chi connectivity index (χ2n) is 15.5. The van der Waals surface area contributed by atoms with E-state index in [2.05, 4.69) is 188 Å². The van der Waals surface area contributed by atoms with E-state index in [1.54, 1.807) is 0 Å². The molecule has 0 spiro atoms. The number of rotatable bonds is 8. The maximum Gasteiger partial charge on any atom is 0.159 e. The van der Waals surface area contributed by atoms with Gasteiger partial charge in [-0.05, 0) is 77.9 Å². The van der Waals surface area contributed by atoms with Crippen molar-refractivity contribution >= 4 is 65.7 Å². The number of nitrogens with zero attached hydrogens (tertiary/aromatic N) is 4. The molecule has 274 valence electrons. The Kier molecular flexibility index (Phi) is 8.56. The summed E-state index contributed by atoms with van der Waals surface area (Å²) in [7, 11) is 2.14. The van der Waals surface area contributed by atoms with E-state index in [0.29, 0.717) is 0 Å². The largest absolute Gasteiger partial charge is 0.333 e. The molecule has 1 aromatic heterocycles. The van der Waals surface area contributed by atoms with E-state index in [4.69, 9.17) is 9.98 Å². The lowest BCUT2D eigenvalue weighted by molar-refractivity contribution is 0.383. The van der Waals surface area contributed by atoms with Crippen molar-refractivity contribution in [3.63, 3.8) is 0 Å². The zero-order valence-corrected chi connectivity index (χ0v) is 32.9. The van der Waals surface area contributed by atoms with Crippen molar-refractivity contribution in [3.05, 3.63) is 191 Å². The number of amidine groups is 2.